The van der Waals surface area contributed by atoms with Gasteiger partial charge in [0.25, 0.3) is 0 Å². The molecule has 2 aromatic carbocycles. The van der Waals surface area contributed by atoms with Crippen molar-refractivity contribution < 1.29 is 4.39 Å². The molecule has 1 atom stereocenters. The SMILES string of the molecule is C[N+](CCCCN)(CC1CC1)c1c2ccccc2nc2ccc(F)cc12. The summed E-state index contributed by atoms with van der Waals surface area (Å²) in [6, 6.07) is 13.2. The van der Waals surface area contributed by atoms with Gasteiger partial charge in [0.05, 0.1) is 41.9 Å². The molecule has 136 valence electrons. The minimum absolute atomic E-state index is 0.198. The fraction of sp³-hybridized carbons (Fsp3) is 0.409. The van der Waals surface area contributed by atoms with Crippen molar-refractivity contribution in [3.8, 4) is 0 Å². The Kier molecular flexibility index (Phi) is 4.63. The van der Waals surface area contributed by atoms with E-state index in [9.17, 15) is 4.39 Å². The molecule has 1 aliphatic rings. The van der Waals surface area contributed by atoms with E-state index in [0.29, 0.717) is 0 Å². The zero-order chi connectivity index (χ0) is 18.1. The molecule has 0 spiro atoms. The molecular formula is C22H27FN3+. The first-order valence-corrected chi connectivity index (χ1v) is 9.64. The highest BCUT2D eigenvalue weighted by Gasteiger charge is 2.36. The van der Waals surface area contributed by atoms with Gasteiger partial charge in [-0.3, -0.25) is 4.48 Å². The summed E-state index contributed by atoms with van der Waals surface area (Å²) in [6.45, 7) is 2.84. The Morgan fingerprint density at radius 2 is 1.85 bits per heavy atom. The van der Waals surface area contributed by atoms with E-state index in [4.69, 9.17) is 10.7 Å². The van der Waals surface area contributed by atoms with Crippen LogP contribution in [0.2, 0.25) is 0 Å². The first kappa shape index (κ1) is 17.4. The van der Waals surface area contributed by atoms with Crippen LogP contribution in [-0.4, -0.2) is 31.7 Å². The Balaban J connectivity index is 1.95. The average molecular weight is 352 g/mol. The molecule has 0 aliphatic heterocycles. The molecule has 4 heteroatoms. The van der Waals surface area contributed by atoms with Gasteiger partial charge in [-0.1, -0.05) is 12.1 Å². The standard InChI is InChI=1S/C22H27FN3/c1-26(13-5-4-12-24,15-16-8-9-16)22-18-6-2-3-7-20(18)25-21-11-10-17(23)14-19(21)22/h2-3,6-7,10-11,14,16H,4-5,8-9,12-13,15,24H2,1H3/q+1. The van der Waals surface area contributed by atoms with Gasteiger partial charge in [0.1, 0.15) is 5.82 Å². The number of nitrogens with zero attached hydrogens (tertiary/aromatic N) is 2. The number of aromatic nitrogens is 1. The van der Waals surface area contributed by atoms with Crippen LogP contribution in [0, 0.1) is 11.7 Å². The molecule has 0 radical (unpaired) electrons. The maximum absolute atomic E-state index is 14.1. The van der Waals surface area contributed by atoms with E-state index in [0.717, 1.165) is 64.7 Å². The number of rotatable bonds is 7. The summed E-state index contributed by atoms with van der Waals surface area (Å²) in [5.41, 5.74) is 8.82. The van der Waals surface area contributed by atoms with E-state index in [2.05, 4.69) is 25.2 Å². The highest BCUT2D eigenvalue weighted by molar-refractivity contribution is 6.06. The van der Waals surface area contributed by atoms with Gasteiger partial charge < -0.3 is 5.73 Å². The highest BCUT2D eigenvalue weighted by Crippen LogP contribution is 2.41. The number of unbranched alkanes of at least 4 members (excludes halogenated alkanes) is 1. The molecule has 2 N–H and O–H groups in total. The fourth-order valence-corrected chi connectivity index (χ4v) is 4.19. The molecule has 1 heterocycles. The third-order valence-electron chi connectivity index (χ3n) is 5.62. The zero-order valence-corrected chi connectivity index (χ0v) is 15.4. The largest absolute Gasteiger partial charge is 0.330 e. The molecular weight excluding hydrogens is 325 g/mol. The molecule has 1 saturated carbocycles. The number of para-hydroxylation sites is 1. The van der Waals surface area contributed by atoms with Crippen LogP contribution in [0.4, 0.5) is 10.1 Å². The lowest BCUT2D eigenvalue weighted by atomic mass is 10.0. The van der Waals surface area contributed by atoms with E-state index < -0.39 is 0 Å². The molecule has 3 nitrogen and oxygen atoms in total. The second-order valence-corrected chi connectivity index (χ2v) is 7.88. The monoisotopic (exact) mass is 352 g/mol. The molecule has 1 fully saturated rings. The topological polar surface area (TPSA) is 38.9 Å². The van der Waals surface area contributed by atoms with Gasteiger partial charge in [-0.2, -0.15) is 0 Å². The first-order chi connectivity index (χ1) is 12.6. The van der Waals surface area contributed by atoms with Crippen molar-refractivity contribution in [2.45, 2.75) is 25.7 Å². The quantitative estimate of drug-likeness (QED) is 0.383. The van der Waals surface area contributed by atoms with Crippen LogP contribution >= 0.6 is 0 Å². The Morgan fingerprint density at radius 1 is 1.08 bits per heavy atom. The number of quaternary nitrogens is 1. The van der Waals surface area contributed by atoms with Crippen LogP contribution in [0.5, 0.6) is 0 Å². The Hall–Kier alpha value is -2.04. The summed E-state index contributed by atoms with van der Waals surface area (Å²) in [5, 5.41) is 2.08. The van der Waals surface area contributed by atoms with Crippen LogP contribution in [0.3, 0.4) is 0 Å². The van der Waals surface area contributed by atoms with Crippen LogP contribution in [-0.2, 0) is 0 Å². The summed E-state index contributed by atoms with van der Waals surface area (Å²) in [4.78, 5) is 4.79. The third kappa shape index (κ3) is 3.31. The van der Waals surface area contributed by atoms with Gasteiger partial charge in [0.2, 0.25) is 0 Å². The maximum Gasteiger partial charge on any atom is 0.151 e. The van der Waals surface area contributed by atoms with E-state index in [1.165, 1.54) is 24.6 Å². The Labute approximate surface area is 154 Å². The summed E-state index contributed by atoms with van der Waals surface area (Å²) in [7, 11) is 2.31. The van der Waals surface area contributed by atoms with Crippen molar-refractivity contribution in [2.24, 2.45) is 11.7 Å². The van der Waals surface area contributed by atoms with Crippen LogP contribution in [0.15, 0.2) is 42.5 Å². The lowest BCUT2D eigenvalue weighted by Gasteiger charge is -2.36. The Bertz CT molecular complexity index is 935. The molecule has 1 aliphatic carbocycles. The molecule has 26 heavy (non-hydrogen) atoms. The normalized spacial score (nSPS) is 16.9. The number of pyridine rings is 1. The van der Waals surface area contributed by atoms with Gasteiger partial charge in [-0.25, -0.2) is 9.37 Å². The molecule has 1 unspecified atom stereocenters. The first-order valence-electron chi connectivity index (χ1n) is 9.64. The van der Waals surface area contributed by atoms with E-state index in [-0.39, 0.29) is 5.82 Å². The summed E-state index contributed by atoms with van der Waals surface area (Å²) in [5.74, 6) is 0.573. The second-order valence-electron chi connectivity index (χ2n) is 7.88. The highest BCUT2D eigenvalue weighted by atomic mass is 19.1. The van der Waals surface area contributed by atoms with E-state index >= 15 is 0 Å². The van der Waals surface area contributed by atoms with Crippen molar-refractivity contribution in [3.63, 3.8) is 0 Å². The van der Waals surface area contributed by atoms with Gasteiger partial charge in [-0.05, 0) is 62.6 Å². The van der Waals surface area contributed by atoms with E-state index in [1.54, 1.807) is 6.07 Å². The molecule has 1 aromatic heterocycles. The van der Waals surface area contributed by atoms with Crippen LogP contribution < -0.4 is 10.2 Å². The average Bonchev–Trinajstić information content (AvgIpc) is 3.43. The van der Waals surface area contributed by atoms with Gasteiger partial charge in [0.15, 0.2) is 5.69 Å². The Morgan fingerprint density at radius 3 is 2.62 bits per heavy atom. The van der Waals surface area contributed by atoms with Crippen molar-refractivity contribution >= 4 is 27.5 Å². The van der Waals surface area contributed by atoms with Crippen molar-refractivity contribution in [3.05, 3.63) is 48.3 Å². The zero-order valence-electron chi connectivity index (χ0n) is 15.4. The third-order valence-corrected chi connectivity index (χ3v) is 5.62. The number of nitrogens with two attached hydrogens (primary N) is 1. The minimum atomic E-state index is -0.198. The summed E-state index contributed by atoms with van der Waals surface area (Å²) in [6.07, 6.45) is 4.71. The van der Waals surface area contributed by atoms with Crippen molar-refractivity contribution in [2.75, 3.05) is 26.7 Å². The molecule has 0 saturated heterocycles. The summed E-state index contributed by atoms with van der Waals surface area (Å²) < 4.78 is 15.0. The lowest BCUT2D eigenvalue weighted by Crippen LogP contribution is -2.48. The number of fused-ring (bicyclic) bond motifs is 2. The molecule has 0 bridgehead atoms. The lowest BCUT2D eigenvalue weighted by molar-refractivity contribution is 0.314. The predicted molar refractivity (Wildman–Crippen MR) is 108 cm³/mol. The van der Waals surface area contributed by atoms with E-state index in [1.807, 2.05) is 12.1 Å². The minimum Gasteiger partial charge on any atom is -0.330 e. The van der Waals surface area contributed by atoms with Crippen molar-refractivity contribution in [1.29, 1.82) is 0 Å². The smallest absolute Gasteiger partial charge is 0.151 e. The predicted octanol–water partition coefficient (Wildman–Crippen LogP) is 4.61. The second kappa shape index (κ2) is 6.93. The summed E-state index contributed by atoms with van der Waals surface area (Å²) >= 11 is 0. The van der Waals surface area contributed by atoms with Crippen LogP contribution in [0.25, 0.3) is 21.8 Å². The molecule has 3 aromatic rings. The fourth-order valence-electron chi connectivity index (χ4n) is 4.19. The van der Waals surface area contributed by atoms with Crippen molar-refractivity contribution in [1.82, 2.24) is 9.47 Å². The number of hydrogen-bond donors (Lipinski definition) is 1. The van der Waals surface area contributed by atoms with Gasteiger partial charge in [-0.15, -0.1) is 0 Å². The molecule has 0 amide bonds. The van der Waals surface area contributed by atoms with Crippen LogP contribution in [0.1, 0.15) is 25.7 Å². The maximum atomic E-state index is 14.1. The number of halogens is 1. The number of hydrogen-bond acceptors (Lipinski definition) is 2. The van der Waals surface area contributed by atoms with Gasteiger partial charge >= 0.3 is 0 Å². The van der Waals surface area contributed by atoms with Gasteiger partial charge in [0, 0.05) is 5.92 Å². The molecule has 4 rings (SSSR count). The number of benzene rings is 2.